The standard InChI is InChI=1S/C26H30FN3O5S/c1-16(2)17-4-6-18(7-5-17)19-8-10-20(11-9-19)30-15-21(14-28-30)36(33,34)29-24-13-23(27)22(26(31)32)12-25(24)35-3/h8-18,29H,4-7H2,1-3H3,(H,31,32). The number of halogens is 1. The molecule has 1 aliphatic rings. The van der Waals surface area contributed by atoms with Crippen LogP contribution < -0.4 is 9.46 Å². The third kappa shape index (κ3) is 5.38. The Labute approximate surface area is 210 Å². The molecule has 0 spiro atoms. The van der Waals surface area contributed by atoms with Crippen LogP contribution in [-0.4, -0.2) is 36.4 Å². The molecule has 8 nitrogen and oxygen atoms in total. The van der Waals surface area contributed by atoms with E-state index in [4.69, 9.17) is 9.84 Å². The molecule has 0 bridgehead atoms. The molecule has 1 fully saturated rings. The van der Waals surface area contributed by atoms with Gasteiger partial charge in [0, 0.05) is 6.07 Å². The Morgan fingerprint density at radius 2 is 1.83 bits per heavy atom. The van der Waals surface area contributed by atoms with Crippen molar-refractivity contribution in [2.24, 2.45) is 11.8 Å². The van der Waals surface area contributed by atoms with Crippen molar-refractivity contribution < 1.29 is 27.4 Å². The number of aromatic carboxylic acids is 1. The van der Waals surface area contributed by atoms with E-state index in [1.54, 1.807) is 0 Å². The Bertz CT molecular complexity index is 1340. The Hall–Kier alpha value is -3.40. The Morgan fingerprint density at radius 3 is 2.42 bits per heavy atom. The van der Waals surface area contributed by atoms with Crippen molar-refractivity contribution in [2.75, 3.05) is 11.8 Å². The molecule has 3 aromatic rings. The number of hydrogen-bond acceptors (Lipinski definition) is 5. The number of sulfonamides is 1. The minimum atomic E-state index is -4.15. The van der Waals surface area contributed by atoms with E-state index in [0.29, 0.717) is 11.6 Å². The molecule has 2 N–H and O–H groups in total. The number of carbonyl (C=O) groups is 1. The van der Waals surface area contributed by atoms with Crippen molar-refractivity contribution >= 4 is 21.7 Å². The van der Waals surface area contributed by atoms with E-state index in [1.807, 2.05) is 12.1 Å². The molecule has 0 saturated heterocycles. The van der Waals surface area contributed by atoms with Gasteiger partial charge in [0.1, 0.15) is 16.5 Å². The number of carboxylic acid groups (broad SMARTS) is 1. The summed E-state index contributed by atoms with van der Waals surface area (Å²) in [6, 6.07) is 9.68. The summed E-state index contributed by atoms with van der Waals surface area (Å²) < 4.78 is 48.8. The molecule has 1 heterocycles. The van der Waals surface area contributed by atoms with E-state index >= 15 is 0 Å². The molecule has 1 aliphatic carbocycles. The Morgan fingerprint density at radius 1 is 1.17 bits per heavy atom. The van der Waals surface area contributed by atoms with Crippen molar-refractivity contribution in [3.8, 4) is 11.4 Å². The first kappa shape index (κ1) is 25.7. The SMILES string of the molecule is COc1cc(C(=O)O)c(F)cc1NS(=O)(=O)c1cnn(-c2ccc(C3CCC(C(C)C)CC3)cc2)c1. The second-order valence-corrected chi connectivity index (χ2v) is 11.2. The van der Waals surface area contributed by atoms with E-state index in [1.165, 1.54) is 55.4 Å². The predicted octanol–water partition coefficient (Wildman–Crippen LogP) is 5.45. The highest BCUT2D eigenvalue weighted by Crippen LogP contribution is 2.38. The lowest BCUT2D eigenvalue weighted by Crippen LogP contribution is -2.17. The largest absolute Gasteiger partial charge is 0.495 e. The van der Waals surface area contributed by atoms with Gasteiger partial charge in [0.05, 0.1) is 36.4 Å². The van der Waals surface area contributed by atoms with Gasteiger partial charge in [-0.15, -0.1) is 0 Å². The van der Waals surface area contributed by atoms with Crippen molar-refractivity contribution in [2.45, 2.75) is 50.3 Å². The lowest BCUT2D eigenvalue weighted by atomic mass is 9.75. The molecule has 4 rings (SSSR count). The maximum Gasteiger partial charge on any atom is 0.338 e. The highest BCUT2D eigenvalue weighted by molar-refractivity contribution is 7.92. The fraction of sp³-hybridized carbons (Fsp3) is 0.385. The van der Waals surface area contributed by atoms with E-state index in [-0.39, 0.29) is 16.3 Å². The monoisotopic (exact) mass is 515 g/mol. The fourth-order valence-corrected chi connectivity index (χ4v) is 5.77. The van der Waals surface area contributed by atoms with Crippen molar-refractivity contribution in [3.63, 3.8) is 0 Å². The zero-order valence-corrected chi connectivity index (χ0v) is 21.3. The maximum atomic E-state index is 14.2. The number of hydrogen-bond donors (Lipinski definition) is 2. The first-order valence-electron chi connectivity index (χ1n) is 11.9. The van der Waals surface area contributed by atoms with Crippen LogP contribution in [0, 0.1) is 17.7 Å². The van der Waals surface area contributed by atoms with Gasteiger partial charge in [-0.05, 0) is 67.2 Å². The van der Waals surface area contributed by atoms with Gasteiger partial charge in [-0.1, -0.05) is 26.0 Å². The summed E-state index contributed by atoms with van der Waals surface area (Å²) in [7, 11) is -2.92. The number of benzene rings is 2. The smallest absolute Gasteiger partial charge is 0.338 e. The van der Waals surface area contributed by atoms with Crippen molar-refractivity contribution in [3.05, 3.63) is 65.7 Å². The number of methoxy groups -OCH3 is 1. The third-order valence-electron chi connectivity index (χ3n) is 6.98. The molecule has 0 atom stereocenters. The molecule has 36 heavy (non-hydrogen) atoms. The molecule has 0 unspecified atom stereocenters. The van der Waals surface area contributed by atoms with Gasteiger partial charge in [0.25, 0.3) is 10.0 Å². The number of rotatable bonds is 8. The van der Waals surface area contributed by atoms with Crippen LogP contribution in [-0.2, 0) is 10.0 Å². The number of ether oxygens (including phenoxy) is 1. The van der Waals surface area contributed by atoms with Crippen LogP contribution in [0.25, 0.3) is 5.69 Å². The summed E-state index contributed by atoms with van der Waals surface area (Å²) in [5.41, 5.74) is 1.15. The average Bonchev–Trinajstić information content (AvgIpc) is 3.35. The highest BCUT2D eigenvalue weighted by Gasteiger charge is 2.25. The number of aromatic nitrogens is 2. The molecule has 0 amide bonds. The molecule has 10 heteroatoms. The van der Waals surface area contributed by atoms with Crippen LogP contribution in [0.3, 0.4) is 0 Å². The summed E-state index contributed by atoms with van der Waals surface area (Å²) in [4.78, 5) is 11.0. The number of carboxylic acids is 1. The van der Waals surface area contributed by atoms with Crippen LogP contribution in [0.5, 0.6) is 5.75 Å². The van der Waals surface area contributed by atoms with E-state index in [2.05, 4.69) is 35.8 Å². The van der Waals surface area contributed by atoms with Crippen LogP contribution in [0.15, 0.2) is 53.7 Å². The molecule has 0 radical (unpaired) electrons. The maximum absolute atomic E-state index is 14.2. The van der Waals surface area contributed by atoms with Gasteiger partial charge in [0.2, 0.25) is 0 Å². The van der Waals surface area contributed by atoms with Gasteiger partial charge in [-0.2, -0.15) is 5.10 Å². The lowest BCUT2D eigenvalue weighted by Gasteiger charge is -2.31. The molecule has 1 saturated carbocycles. The summed E-state index contributed by atoms with van der Waals surface area (Å²) in [5, 5.41) is 13.3. The molecule has 192 valence electrons. The van der Waals surface area contributed by atoms with Gasteiger partial charge in [0.15, 0.2) is 0 Å². The second-order valence-electron chi connectivity index (χ2n) is 9.51. The minimum absolute atomic E-state index is 0.122. The molecular formula is C26H30FN3O5S. The molecule has 1 aromatic heterocycles. The average molecular weight is 516 g/mol. The van der Waals surface area contributed by atoms with Gasteiger partial charge >= 0.3 is 5.97 Å². The summed E-state index contributed by atoms with van der Waals surface area (Å²) in [6.45, 7) is 4.58. The normalized spacial score (nSPS) is 18.2. The first-order valence-corrected chi connectivity index (χ1v) is 13.4. The van der Waals surface area contributed by atoms with Gasteiger partial charge in [-0.25, -0.2) is 22.3 Å². The summed E-state index contributed by atoms with van der Waals surface area (Å²) in [5.74, 6) is -0.648. The van der Waals surface area contributed by atoms with Crippen LogP contribution in [0.4, 0.5) is 10.1 Å². The zero-order valence-electron chi connectivity index (χ0n) is 20.4. The summed E-state index contributed by atoms with van der Waals surface area (Å²) in [6.07, 6.45) is 7.39. The van der Waals surface area contributed by atoms with E-state index < -0.39 is 27.4 Å². The number of anilines is 1. The Kier molecular flexibility index (Phi) is 7.35. The topological polar surface area (TPSA) is 111 Å². The number of nitrogens with one attached hydrogen (secondary N) is 1. The molecule has 0 aliphatic heterocycles. The van der Waals surface area contributed by atoms with Gasteiger partial charge < -0.3 is 9.84 Å². The fourth-order valence-electron chi connectivity index (χ4n) is 4.77. The molecular weight excluding hydrogens is 485 g/mol. The van der Waals surface area contributed by atoms with E-state index in [0.717, 1.165) is 24.0 Å². The summed E-state index contributed by atoms with van der Waals surface area (Å²) >= 11 is 0. The van der Waals surface area contributed by atoms with Crippen molar-refractivity contribution in [1.29, 1.82) is 0 Å². The third-order valence-corrected chi connectivity index (χ3v) is 8.30. The minimum Gasteiger partial charge on any atom is -0.495 e. The second kappa shape index (κ2) is 10.3. The van der Waals surface area contributed by atoms with Crippen molar-refractivity contribution in [1.82, 2.24) is 9.78 Å². The lowest BCUT2D eigenvalue weighted by molar-refractivity contribution is 0.0691. The zero-order chi connectivity index (χ0) is 26.0. The van der Waals surface area contributed by atoms with E-state index in [9.17, 15) is 17.6 Å². The Balaban J connectivity index is 1.50. The predicted molar refractivity (Wildman–Crippen MR) is 134 cm³/mol. The molecule has 2 aromatic carbocycles. The number of nitrogens with zero attached hydrogens (tertiary/aromatic N) is 2. The first-order chi connectivity index (χ1) is 17.1. The van der Waals surface area contributed by atoms with Crippen LogP contribution in [0.1, 0.15) is 61.4 Å². The van der Waals surface area contributed by atoms with Gasteiger partial charge in [-0.3, -0.25) is 4.72 Å². The van der Waals surface area contributed by atoms with Crippen LogP contribution in [0.2, 0.25) is 0 Å². The highest BCUT2D eigenvalue weighted by atomic mass is 32.2. The quantitative estimate of drug-likeness (QED) is 0.413. The van der Waals surface area contributed by atoms with Crippen LogP contribution >= 0.6 is 0 Å².